The standard InChI is InChI=1S/C6H15NO3.C4H11NO2.K.H2O/c8-4-1-7(2-5-9)3-6-10;6-3-1-5-2-4-7;;/h8-10H,1-6H2;5-7H,1-4H2;;1H2/q;;+1;/p-1. The normalized spacial score (nSPS) is 9.16. The van der Waals surface area contributed by atoms with Crippen LogP contribution in [-0.2, 0) is 0 Å². The van der Waals surface area contributed by atoms with Crippen LogP contribution in [0.25, 0.3) is 0 Å². The molecule has 8 nitrogen and oxygen atoms in total. The molecule has 0 aromatic rings. The Kier molecular flexibility index (Phi) is 41.4. The van der Waals surface area contributed by atoms with Gasteiger partial charge in [0.1, 0.15) is 0 Å². The molecular formula is C10H27KN2O6. The van der Waals surface area contributed by atoms with Crippen LogP contribution in [0.5, 0.6) is 0 Å². The summed E-state index contributed by atoms with van der Waals surface area (Å²) in [7, 11) is 0. The number of nitrogens with zero attached hydrogens (tertiary/aromatic N) is 1. The van der Waals surface area contributed by atoms with Gasteiger partial charge in [0.25, 0.3) is 0 Å². The third-order valence-corrected chi connectivity index (χ3v) is 1.83. The summed E-state index contributed by atoms with van der Waals surface area (Å²) in [5.74, 6) is 0. The predicted octanol–water partition coefficient (Wildman–Crippen LogP) is -6.35. The molecule has 9 heteroatoms. The first-order valence-electron chi connectivity index (χ1n) is 5.74. The van der Waals surface area contributed by atoms with Gasteiger partial charge in [-0.25, -0.2) is 0 Å². The van der Waals surface area contributed by atoms with E-state index in [1.807, 2.05) is 0 Å². The van der Waals surface area contributed by atoms with Gasteiger partial charge in [0.15, 0.2) is 0 Å². The molecule has 7 N–H and O–H groups in total. The Morgan fingerprint density at radius 2 is 0.947 bits per heavy atom. The molecule has 0 heterocycles. The molecule has 0 aliphatic heterocycles. The molecule has 0 spiro atoms. The van der Waals surface area contributed by atoms with E-state index < -0.39 is 0 Å². The van der Waals surface area contributed by atoms with E-state index in [1.54, 1.807) is 4.90 Å². The number of hydrogen-bond donors (Lipinski definition) is 6. The number of rotatable bonds is 10. The molecule has 0 saturated heterocycles. The van der Waals surface area contributed by atoms with Crippen molar-refractivity contribution in [1.82, 2.24) is 10.2 Å². The number of hydrogen-bond acceptors (Lipinski definition) is 8. The molecule has 0 fully saturated rings. The monoisotopic (exact) mass is 310 g/mol. The van der Waals surface area contributed by atoms with Gasteiger partial charge in [-0.1, -0.05) is 0 Å². The summed E-state index contributed by atoms with van der Waals surface area (Å²) in [5, 5.41) is 44.5. The minimum absolute atomic E-state index is 0. The summed E-state index contributed by atoms with van der Waals surface area (Å²) in [5.41, 5.74) is 0. The summed E-state index contributed by atoms with van der Waals surface area (Å²) >= 11 is 0. The van der Waals surface area contributed by atoms with Crippen LogP contribution >= 0.6 is 0 Å². The molecule has 0 rings (SSSR count). The second-order valence-corrected chi connectivity index (χ2v) is 3.21. The van der Waals surface area contributed by atoms with Crippen molar-refractivity contribution in [3.8, 4) is 0 Å². The molecule has 0 amide bonds. The van der Waals surface area contributed by atoms with Gasteiger partial charge in [0.2, 0.25) is 0 Å². The summed E-state index contributed by atoms with van der Waals surface area (Å²) in [6, 6.07) is 0. The third-order valence-electron chi connectivity index (χ3n) is 1.83. The van der Waals surface area contributed by atoms with Crippen LogP contribution in [0, 0.1) is 0 Å². The van der Waals surface area contributed by atoms with Crippen LogP contribution in [0.15, 0.2) is 0 Å². The Balaban J connectivity index is -0.000000112. The van der Waals surface area contributed by atoms with Gasteiger partial charge in [-0.15, -0.1) is 0 Å². The Morgan fingerprint density at radius 1 is 0.632 bits per heavy atom. The van der Waals surface area contributed by atoms with Crippen LogP contribution in [0.2, 0.25) is 0 Å². The topological polar surface area (TPSA) is 146 Å². The molecule has 0 atom stereocenters. The van der Waals surface area contributed by atoms with E-state index in [0.717, 1.165) is 0 Å². The number of aliphatic hydroxyl groups is 5. The maximum atomic E-state index is 8.48. The molecule has 114 valence electrons. The Labute approximate surface area is 157 Å². The van der Waals surface area contributed by atoms with Crippen LogP contribution in [0.4, 0.5) is 0 Å². The largest absolute Gasteiger partial charge is 1.00 e. The van der Waals surface area contributed by atoms with E-state index in [9.17, 15) is 0 Å². The third kappa shape index (κ3) is 28.3. The molecule has 0 aromatic heterocycles. The van der Waals surface area contributed by atoms with Crippen molar-refractivity contribution < 1.29 is 82.4 Å². The summed E-state index contributed by atoms with van der Waals surface area (Å²) < 4.78 is 0. The van der Waals surface area contributed by atoms with Crippen LogP contribution in [0.1, 0.15) is 0 Å². The van der Waals surface area contributed by atoms with Crippen molar-refractivity contribution >= 4 is 0 Å². The van der Waals surface area contributed by atoms with Gasteiger partial charge in [-0.2, -0.15) is 0 Å². The SMILES string of the molecule is OCCN(CCO)CCO.OCCNCCO.[K+].[OH-]. The average Bonchev–Trinajstić information content (AvgIpc) is 2.32. The van der Waals surface area contributed by atoms with Crippen molar-refractivity contribution in [2.45, 2.75) is 0 Å². The predicted molar refractivity (Wildman–Crippen MR) is 66.7 cm³/mol. The van der Waals surface area contributed by atoms with Gasteiger partial charge in [0.05, 0.1) is 33.0 Å². The van der Waals surface area contributed by atoms with E-state index in [4.69, 9.17) is 25.5 Å². The maximum absolute atomic E-state index is 8.48. The van der Waals surface area contributed by atoms with Crippen LogP contribution < -0.4 is 56.7 Å². The Hall–Kier alpha value is 1.32. The first kappa shape index (κ1) is 28.5. The fourth-order valence-corrected chi connectivity index (χ4v) is 1.04. The molecule has 0 aliphatic carbocycles. The molecule has 0 bridgehead atoms. The fourth-order valence-electron chi connectivity index (χ4n) is 1.04. The smallest absolute Gasteiger partial charge is 0.870 e. The van der Waals surface area contributed by atoms with Crippen molar-refractivity contribution in [1.29, 1.82) is 0 Å². The minimum atomic E-state index is 0. The fraction of sp³-hybridized carbons (Fsp3) is 1.00. The van der Waals surface area contributed by atoms with Gasteiger partial charge >= 0.3 is 51.4 Å². The molecule has 0 saturated carbocycles. The molecule has 0 aromatic carbocycles. The second kappa shape index (κ2) is 27.6. The summed E-state index contributed by atoms with van der Waals surface area (Å²) in [6.07, 6.45) is 0. The first-order valence-corrected chi connectivity index (χ1v) is 5.74. The van der Waals surface area contributed by atoms with Crippen molar-refractivity contribution in [3.05, 3.63) is 0 Å². The first-order chi connectivity index (χ1) is 8.26. The van der Waals surface area contributed by atoms with Crippen molar-refractivity contribution in [3.63, 3.8) is 0 Å². The second-order valence-electron chi connectivity index (χ2n) is 3.21. The quantitative estimate of drug-likeness (QED) is 0.172. The molecule has 0 radical (unpaired) electrons. The zero-order chi connectivity index (χ0) is 13.4. The minimum Gasteiger partial charge on any atom is -0.870 e. The Bertz CT molecular complexity index is 118. The average molecular weight is 310 g/mol. The van der Waals surface area contributed by atoms with Gasteiger partial charge in [0, 0.05) is 32.7 Å². The van der Waals surface area contributed by atoms with E-state index in [1.165, 1.54) is 0 Å². The summed E-state index contributed by atoms with van der Waals surface area (Å²) in [6.45, 7) is 3.17. The van der Waals surface area contributed by atoms with Crippen LogP contribution in [0.3, 0.4) is 0 Å². The van der Waals surface area contributed by atoms with E-state index in [0.29, 0.717) is 32.7 Å². The zero-order valence-corrected chi connectivity index (χ0v) is 14.8. The van der Waals surface area contributed by atoms with Crippen molar-refractivity contribution in [2.24, 2.45) is 0 Å². The number of aliphatic hydroxyl groups excluding tert-OH is 5. The van der Waals surface area contributed by atoms with E-state index >= 15 is 0 Å². The molecule has 0 aliphatic rings. The van der Waals surface area contributed by atoms with Gasteiger partial charge < -0.3 is 36.3 Å². The van der Waals surface area contributed by atoms with Gasteiger partial charge in [-0.05, 0) is 0 Å². The summed E-state index contributed by atoms with van der Waals surface area (Å²) in [4.78, 5) is 1.79. The van der Waals surface area contributed by atoms with Crippen LogP contribution in [-0.4, -0.2) is 102 Å². The molecule has 0 unspecified atom stereocenters. The van der Waals surface area contributed by atoms with Crippen molar-refractivity contribution in [2.75, 3.05) is 65.8 Å². The molecule has 19 heavy (non-hydrogen) atoms. The van der Waals surface area contributed by atoms with E-state index in [-0.39, 0.29) is 89.9 Å². The zero-order valence-electron chi connectivity index (χ0n) is 11.7. The molecular weight excluding hydrogens is 283 g/mol. The number of nitrogens with one attached hydrogen (secondary N) is 1. The maximum Gasteiger partial charge on any atom is 1.00 e. The van der Waals surface area contributed by atoms with E-state index in [2.05, 4.69) is 5.32 Å². The Morgan fingerprint density at radius 3 is 1.16 bits per heavy atom. The van der Waals surface area contributed by atoms with Gasteiger partial charge in [-0.3, -0.25) is 4.90 Å².